The molecular weight excluding hydrogens is 304 g/mol. The summed E-state index contributed by atoms with van der Waals surface area (Å²) in [6.45, 7) is 4.04. The first-order valence-electron chi connectivity index (χ1n) is 8.00. The number of nitrogen functional groups attached to an aromatic ring is 1. The van der Waals surface area contributed by atoms with Crippen molar-refractivity contribution >= 4 is 11.6 Å². The van der Waals surface area contributed by atoms with Gasteiger partial charge in [0.1, 0.15) is 5.75 Å². The third-order valence-electron chi connectivity index (χ3n) is 3.45. The van der Waals surface area contributed by atoms with Gasteiger partial charge in [-0.2, -0.15) is 0 Å². The molecule has 2 rings (SSSR count). The van der Waals surface area contributed by atoms with Gasteiger partial charge in [0.05, 0.1) is 18.6 Å². The third-order valence-corrected chi connectivity index (χ3v) is 3.45. The lowest BCUT2D eigenvalue weighted by atomic mass is 10.1. The Hall–Kier alpha value is -2.53. The zero-order valence-corrected chi connectivity index (χ0v) is 14.0. The van der Waals surface area contributed by atoms with E-state index in [9.17, 15) is 9.90 Å². The van der Waals surface area contributed by atoms with Crippen LogP contribution in [0.5, 0.6) is 5.75 Å². The van der Waals surface area contributed by atoms with E-state index in [1.165, 1.54) is 0 Å². The first-order valence-corrected chi connectivity index (χ1v) is 8.00. The minimum absolute atomic E-state index is 0.0667. The monoisotopic (exact) mass is 328 g/mol. The molecule has 5 nitrogen and oxygen atoms in total. The Morgan fingerprint density at radius 2 is 1.92 bits per heavy atom. The van der Waals surface area contributed by atoms with Gasteiger partial charge in [-0.15, -0.1) is 0 Å². The van der Waals surface area contributed by atoms with Gasteiger partial charge in [0.2, 0.25) is 5.91 Å². The summed E-state index contributed by atoms with van der Waals surface area (Å²) in [5.41, 5.74) is 7.87. The van der Waals surface area contributed by atoms with E-state index in [-0.39, 0.29) is 25.0 Å². The van der Waals surface area contributed by atoms with Crippen LogP contribution in [-0.4, -0.2) is 23.7 Å². The number of aliphatic hydroxyl groups is 1. The Balaban J connectivity index is 1.86. The second-order valence-corrected chi connectivity index (χ2v) is 5.98. The highest BCUT2D eigenvalue weighted by Gasteiger charge is 2.11. The van der Waals surface area contributed by atoms with Crippen molar-refractivity contribution < 1.29 is 14.6 Å². The van der Waals surface area contributed by atoms with Gasteiger partial charge in [0.25, 0.3) is 0 Å². The predicted octanol–water partition coefficient (Wildman–Crippen LogP) is 2.45. The molecule has 0 aliphatic carbocycles. The average molecular weight is 328 g/mol. The fraction of sp³-hybridized carbons (Fsp3) is 0.316. The van der Waals surface area contributed by atoms with Crippen molar-refractivity contribution in [2.45, 2.75) is 32.5 Å². The van der Waals surface area contributed by atoms with Crippen LogP contribution in [0, 0.1) is 0 Å². The minimum Gasteiger partial charge on any atom is -0.491 e. The smallest absolute Gasteiger partial charge is 0.224 e. The lowest BCUT2D eigenvalue weighted by Gasteiger charge is -2.15. The van der Waals surface area contributed by atoms with Crippen molar-refractivity contribution in [2.75, 3.05) is 12.3 Å². The van der Waals surface area contributed by atoms with Gasteiger partial charge >= 0.3 is 0 Å². The minimum atomic E-state index is -0.781. The molecular formula is C19H24N2O3. The van der Waals surface area contributed by atoms with Gasteiger partial charge < -0.3 is 20.9 Å². The van der Waals surface area contributed by atoms with Gasteiger partial charge in [-0.3, -0.25) is 4.79 Å². The van der Waals surface area contributed by atoms with E-state index in [1.807, 2.05) is 44.2 Å². The Morgan fingerprint density at radius 1 is 1.21 bits per heavy atom. The summed E-state index contributed by atoms with van der Waals surface area (Å²) in [6.07, 6.45) is -0.461. The Labute approximate surface area is 142 Å². The molecule has 0 saturated heterocycles. The zero-order valence-electron chi connectivity index (χ0n) is 14.0. The van der Waals surface area contributed by atoms with Crippen molar-refractivity contribution in [3.63, 3.8) is 0 Å². The SMILES string of the molecule is CC(C)Oc1cccc(C(O)CNC(=O)Cc2ccc(N)cc2)c1. The van der Waals surface area contributed by atoms with E-state index in [1.54, 1.807) is 18.2 Å². The van der Waals surface area contributed by atoms with E-state index in [0.29, 0.717) is 17.0 Å². The molecule has 128 valence electrons. The molecule has 2 aromatic rings. The summed E-state index contributed by atoms with van der Waals surface area (Å²) >= 11 is 0. The standard InChI is InChI=1S/C19H24N2O3/c1-13(2)24-17-5-3-4-15(11-17)18(22)12-21-19(23)10-14-6-8-16(20)9-7-14/h3-9,11,13,18,22H,10,12,20H2,1-2H3,(H,21,23). The van der Waals surface area contributed by atoms with Crippen LogP contribution in [0.3, 0.4) is 0 Å². The van der Waals surface area contributed by atoms with Crippen molar-refractivity contribution in [1.29, 1.82) is 0 Å². The summed E-state index contributed by atoms with van der Waals surface area (Å²) in [4.78, 5) is 12.0. The van der Waals surface area contributed by atoms with Crippen molar-refractivity contribution in [3.8, 4) is 5.75 Å². The van der Waals surface area contributed by atoms with E-state index in [2.05, 4.69) is 5.32 Å². The number of rotatable bonds is 7. The predicted molar refractivity (Wildman–Crippen MR) is 94.7 cm³/mol. The molecule has 1 unspecified atom stereocenters. The second-order valence-electron chi connectivity index (χ2n) is 5.98. The molecule has 0 saturated carbocycles. The number of hydrogen-bond donors (Lipinski definition) is 3. The number of carbonyl (C=O) groups is 1. The largest absolute Gasteiger partial charge is 0.491 e. The van der Waals surface area contributed by atoms with Gasteiger partial charge in [0.15, 0.2) is 0 Å². The van der Waals surface area contributed by atoms with Gasteiger partial charge in [-0.05, 0) is 49.2 Å². The molecule has 0 heterocycles. The zero-order chi connectivity index (χ0) is 17.5. The van der Waals surface area contributed by atoms with Gasteiger partial charge in [-0.1, -0.05) is 24.3 Å². The average Bonchev–Trinajstić information content (AvgIpc) is 2.54. The number of nitrogens with one attached hydrogen (secondary N) is 1. The van der Waals surface area contributed by atoms with Crippen molar-refractivity contribution in [3.05, 3.63) is 59.7 Å². The summed E-state index contributed by atoms with van der Waals surface area (Å²) in [5, 5.41) is 13.0. The molecule has 24 heavy (non-hydrogen) atoms. The van der Waals surface area contributed by atoms with Gasteiger partial charge in [0, 0.05) is 12.2 Å². The highest BCUT2D eigenvalue weighted by Crippen LogP contribution is 2.20. The number of amides is 1. The Bertz CT molecular complexity index is 669. The van der Waals surface area contributed by atoms with Crippen LogP contribution in [0.25, 0.3) is 0 Å². The maximum absolute atomic E-state index is 12.0. The molecule has 5 heteroatoms. The first kappa shape index (κ1) is 17.8. The number of ether oxygens (including phenoxy) is 1. The highest BCUT2D eigenvalue weighted by atomic mass is 16.5. The van der Waals surface area contributed by atoms with Crippen LogP contribution in [-0.2, 0) is 11.2 Å². The van der Waals surface area contributed by atoms with E-state index >= 15 is 0 Å². The number of hydrogen-bond acceptors (Lipinski definition) is 4. The van der Waals surface area contributed by atoms with E-state index in [4.69, 9.17) is 10.5 Å². The molecule has 0 bridgehead atoms. The number of benzene rings is 2. The Kier molecular flexibility index (Phi) is 6.21. The Morgan fingerprint density at radius 3 is 2.58 bits per heavy atom. The molecule has 0 radical (unpaired) electrons. The molecule has 4 N–H and O–H groups in total. The van der Waals surface area contributed by atoms with Crippen LogP contribution in [0.1, 0.15) is 31.1 Å². The molecule has 1 amide bonds. The normalized spacial score (nSPS) is 12.0. The number of carbonyl (C=O) groups excluding carboxylic acids is 1. The first-order chi connectivity index (χ1) is 11.4. The quantitative estimate of drug-likeness (QED) is 0.682. The number of nitrogens with two attached hydrogens (primary N) is 1. The van der Waals surface area contributed by atoms with Crippen LogP contribution >= 0.6 is 0 Å². The highest BCUT2D eigenvalue weighted by molar-refractivity contribution is 5.78. The maximum Gasteiger partial charge on any atom is 0.224 e. The topological polar surface area (TPSA) is 84.6 Å². The summed E-state index contributed by atoms with van der Waals surface area (Å²) in [7, 11) is 0. The van der Waals surface area contributed by atoms with Crippen LogP contribution < -0.4 is 15.8 Å². The second kappa shape index (κ2) is 8.36. The molecule has 0 aliphatic heterocycles. The van der Waals surface area contributed by atoms with Crippen molar-refractivity contribution in [1.82, 2.24) is 5.32 Å². The third kappa shape index (κ3) is 5.59. The maximum atomic E-state index is 12.0. The molecule has 0 fully saturated rings. The fourth-order valence-corrected chi connectivity index (χ4v) is 2.28. The molecule has 0 aromatic heterocycles. The summed E-state index contributed by atoms with van der Waals surface area (Å²) in [6, 6.07) is 14.4. The molecule has 0 aliphatic rings. The molecule has 1 atom stereocenters. The molecule has 2 aromatic carbocycles. The van der Waals surface area contributed by atoms with Crippen LogP contribution in [0.15, 0.2) is 48.5 Å². The number of aliphatic hydroxyl groups excluding tert-OH is 1. The number of anilines is 1. The van der Waals surface area contributed by atoms with Crippen LogP contribution in [0.4, 0.5) is 5.69 Å². The van der Waals surface area contributed by atoms with E-state index in [0.717, 1.165) is 5.56 Å². The fourth-order valence-electron chi connectivity index (χ4n) is 2.28. The van der Waals surface area contributed by atoms with Crippen molar-refractivity contribution in [2.24, 2.45) is 0 Å². The molecule has 0 spiro atoms. The van der Waals surface area contributed by atoms with E-state index < -0.39 is 6.10 Å². The summed E-state index contributed by atoms with van der Waals surface area (Å²) in [5.74, 6) is 0.558. The lowest BCUT2D eigenvalue weighted by molar-refractivity contribution is -0.120. The summed E-state index contributed by atoms with van der Waals surface area (Å²) < 4.78 is 5.61. The van der Waals surface area contributed by atoms with Gasteiger partial charge in [-0.25, -0.2) is 0 Å². The lowest BCUT2D eigenvalue weighted by Crippen LogP contribution is -2.29. The van der Waals surface area contributed by atoms with Crippen LogP contribution in [0.2, 0.25) is 0 Å².